The second-order valence-electron chi connectivity index (χ2n) is 4.31. The van der Waals surface area contributed by atoms with E-state index in [-0.39, 0.29) is 9.40 Å². The second kappa shape index (κ2) is 4.15. The third kappa shape index (κ3) is 1.71. The molecule has 0 aliphatic carbocycles. The van der Waals surface area contributed by atoms with Gasteiger partial charge < -0.3 is 0 Å². The molecular weight excluding hydrogens is 295 g/mol. The fourth-order valence-electron chi connectivity index (χ4n) is 2.24. The number of rotatable bonds is 1. The third-order valence-corrected chi connectivity index (χ3v) is 5.43. The van der Waals surface area contributed by atoms with Gasteiger partial charge in [-0.25, -0.2) is 0 Å². The van der Waals surface area contributed by atoms with E-state index in [1.54, 1.807) is 24.3 Å². The second-order valence-corrected chi connectivity index (χ2v) is 6.32. The van der Waals surface area contributed by atoms with Crippen LogP contribution in [-0.4, -0.2) is 6.18 Å². The molecular formula is C14H8F5S+. The van der Waals surface area contributed by atoms with Crippen LogP contribution in [0.5, 0.6) is 0 Å². The van der Waals surface area contributed by atoms with Crippen molar-refractivity contribution in [1.82, 2.24) is 0 Å². The summed E-state index contributed by atoms with van der Waals surface area (Å²) in [6.45, 7) is 0. The van der Waals surface area contributed by atoms with E-state index in [0.29, 0.717) is 10.8 Å². The minimum atomic E-state index is -5.57. The minimum Gasteiger partial charge on any atom is -0.160 e. The van der Waals surface area contributed by atoms with E-state index in [9.17, 15) is 22.0 Å². The fraction of sp³-hybridized carbons (Fsp3) is 0.143. The van der Waals surface area contributed by atoms with Gasteiger partial charge in [0, 0.05) is 10.8 Å². The van der Waals surface area contributed by atoms with Gasteiger partial charge in [-0.3, -0.25) is 0 Å². The van der Waals surface area contributed by atoms with Crippen LogP contribution in [0.1, 0.15) is 0 Å². The lowest BCUT2D eigenvalue weighted by Crippen LogP contribution is -2.29. The highest BCUT2D eigenvalue weighted by atomic mass is 32.2. The molecule has 1 heterocycles. The van der Waals surface area contributed by atoms with Crippen LogP contribution in [-0.2, 0) is 5.25 Å². The third-order valence-electron chi connectivity index (χ3n) is 3.09. The highest BCUT2D eigenvalue weighted by Gasteiger charge is 2.69. The summed E-state index contributed by atoms with van der Waals surface area (Å²) in [5.74, 6) is 0. The number of benzene rings is 2. The summed E-state index contributed by atoms with van der Waals surface area (Å²) in [7, 11) is -2.32. The van der Waals surface area contributed by atoms with Crippen molar-refractivity contribution in [2.75, 3.05) is 0 Å². The largest absolute Gasteiger partial charge is 0.530 e. The number of halogens is 5. The molecule has 20 heavy (non-hydrogen) atoms. The average molecular weight is 303 g/mol. The van der Waals surface area contributed by atoms with E-state index in [1.807, 2.05) is 0 Å². The van der Waals surface area contributed by atoms with Crippen LogP contribution in [0.3, 0.4) is 0 Å². The van der Waals surface area contributed by atoms with Crippen molar-refractivity contribution in [3.63, 3.8) is 0 Å². The van der Waals surface area contributed by atoms with Gasteiger partial charge in [-0.05, 0) is 24.3 Å². The molecule has 3 rings (SSSR count). The maximum Gasteiger partial charge on any atom is 0.530 e. The highest BCUT2D eigenvalue weighted by molar-refractivity contribution is 7.44. The first kappa shape index (κ1) is 13.3. The van der Waals surface area contributed by atoms with Crippen LogP contribution in [0.4, 0.5) is 22.0 Å². The Morgan fingerprint density at radius 3 is 1.45 bits per heavy atom. The summed E-state index contributed by atoms with van der Waals surface area (Å²) in [6.07, 6.45) is -5.57. The van der Waals surface area contributed by atoms with Gasteiger partial charge in [0.15, 0.2) is 9.40 Å². The smallest absolute Gasteiger partial charge is 0.160 e. The summed E-state index contributed by atoms with van der Waals surface area (Å²) in [5, 5.41) is -3.86. The molecule has 3 aromatic rings. The summed E-state index contributed by atoms with van der Waals surface area (Å²) in [4.78, 5) is 0. The summed E-state index contributed by atoms with van der Waals surface area (Å²) in [5.41, 5.74) is 0. The quantitative estimate of drug-likeness (QED) is 0.390. The molecule has 1 aromatic heterocycles. The average Bonchev–Trinajstić information content (AvgIpc) is 2.72. The number of thiophene rings is 1. The van der Waals surface area contributed by atoms with Crippen molar-refractivity contribution >= 4 is 30.6 Å². The molecule has 0 N–H and O–H groups in total. The first-order valence-electron chi connectivity index (χ1n) is 5.71. The first-order chi connectivity index (χ1) is 9.34. The van der Waals surface area contributed by atoms with Crippen molar-refractivity contribution in [2.24, 2.45) is 0 Å². The van der Waals surface area contributed by atoms with Crippen LogP contribution in [0.25, 0.3) is 20.2 Å². The Morgan fingerprint density at radius 1 is 0.650 bits per heavy atom. The first-order valence-corrected chi connectivity index (χ1v) is 6.94. The van der Waals surface area contributed by atoms with Gasteiger partial charge in [-0.1, -0.05) is 24.3 Å². The van der Waals surface area contributed by atoms with Crippen molar-refractivity contribution in [3.05, 3.63) is 48.5 Å². The molecule has 0 saturated heterocycles. The summed E-state index contributed by atoms with van der Waals surface area (Å²) >= 11 is 0. The van der Waals surface area contributed by atoms with E-state index in [4.69, 9.17) is 0 Å². The van der Waals surface area contributed by atoms with Gasteiger partial charge in [0.05, 0.1) is 10.5 Å². The van der Waals surface area contributed by atoms with Crippen LogP contribution < -0.4 is 0 Å². The maximum atomic E-state index is 13.9. The molecule has 0 fully saturated rings. The lowest BCUT2D eigenvalue weighted by molar-refractivity contribution is -0.264. The van der Waals surface area contributed by atoms with E-state index in [1.165, 1.54) is 24.3 Å². The topological polar surface area (TPSA) is 0 Å². The molecule has 2 aromatic carbocycles. The molecule has 0 nitrogen and oxygen atoms in total. The Balaban J connectivity index is 2.50. The Bertz CT molecular complexity index is 732. The number of hydrogen-bond acceptors (Lipinski definition) is 0. The van der Waals surface area contributed by atoms with Crippen molar-refractivity contribution in [2.45, 2.75) is 11.4 Å². The zero-order chi connectivity index (χ0) is 14.5. The van der Waals surface area contributed by atoms with Gasteiger partial charge in [0.2, 0.25) is 0 Å². The zero-order valence-electron chi connectivity index (χ0n) is 9.92. The van der Waals surface area contributed by atoms with Crippen LogP contribution >= 0.6 is 10.5 Å². The van der Waals surface area contributed by atoms with Gasteiger partial charge in [-0.15, -0.1) is 8.78 Å². The number of hydrogen-bond donors (Lipinski definition) is 0. The van der Waals surface area contributed by atoms with Crippen molar-refractivity contribution in [1.29, 1.82) is 0 Å². The van der Waals surface area contributed by atoms with E-state index in [0.717, 1.165) is 0 Å². The monoisotopic (exact) mass is 303 g/mol. The Morgan fingerprint density at radius 2 is 1.05 bits per heavy atom. The molecule has 0 saturated carbocycles. The molecule has 6 heteroatoms. The molecule has 0 amide bonds. The minimum absolute atomic E-state index is 0.0519. The predicted octanol–water partition coefficient (Wildman–Crippen LogP) is 5.85. The Hall–Kier alpha value is -1.69. The molecule has 0 spiro atoms. The molecule has 0 atom stereocenters. The zero-order valence-corrected chi connectivity index (χ0v) is 10.7. The van der Waals surface area contributed by atoms with Gasteiger partial charge >= 0.3 is 11.4 Å². The summed E-state index contributed by atoms with van der Waals surface area (Å²) < 4.78 is 66.1. The normalized spacial score (nSPS) is 13.2. The van der Waals surface area contributed by atoms with Gasteiger partial charge in [-0.2, -0.15) is 13.2 Å². The molecule has 0 radical (unpaired) electrons. The van der Waals surface area contributed by atoms with E-state index in [2.05, 4.69) is 0 Å². The Kier molecular flexibility index (Phi) is 2.76. The molecule has 104 valence electrons. The standard InChI is InChI=1S/C14H8F5S/c15-13(16,17)14(18,19)20-11-7-3-1-5-9(11)10-6-2-4-8-12(10)20/h1-8H/q+1. The Labute approximate surface area is 113 Å². The number of fused-ring (bicyclic) bond motifs is 3. The number of alkyl halides is 5. The molecule has 0 bridgehead atoms. The van der Waals surface area contributed by atoms with E-state index >= 15 is 0 Å². The lowest BCUT2D eigenvalue weighted by atomic mass is 10.2. The molecule has 0 unspecified atom stereocenters. The van der Waals surface area contributed by atoms with E-state index < -0.39 is 21.9 Å². The van der Waals surface area contributed by atoms with Gasteiger partial charge in [0.1, 0.15) is 0 Å². The highest BCUT2D eigenvalue weighted by Crippen LogP contribution is 2.59. The van der Waals surface area contributed by atoms with Crippen LogP contribution in [0.15, 0.2) is 48.5 Å². The van der Waals surface area contributed by atoms with Crippen molar-refractivity contribution < 1.29 is 22.0 Å². The predicted molar refractivity (Wildman–Crippen MR) is 70.2 cm³/mol. The summed E-state index contributed by atoms with van der Waals surface area (Å²) in [6, 6.07) is 12.1. The van der Waals surface area contributed by atoms with Crippen molar-refractivity contribution in [3.8, 4) is 0 Å². The SMILES string of the molecule is FC(F)(F)C(F)(F)[s+]1c2ccccc2c2ccccc21. The lowest BCUT2D eigenvalue weighted by Gasteiger charge is -2.12. The van der Waals surface area contributed by atoms with Gasteiger partial charge in [0.25, 0.3) is 0 Å². The molecule has 0 aliphatic heterocycles. The fourth-order valence-corrected chi connectivity index (χ4v) is 4.49. The molecule has 0 aliphatic rings. The van der Waals surface area contributed by atoms with Crippen LogP contribution in [0, 0.1) is 0 Å². The maximum absolute atomic E-state index is 13.9. The van der Waals surface area contributed by atoms with Crippen LogP contribution in [0.2, 0.25) is 0 Å².